The Morgan fingerprint density at radius 3 is 2.54 bits per heavy atom. The topological polar surface area (TPSA) is 172 Å². The van der Waals surface area contributed by atoms with Crippen molar-refractivity contribution in [1.29, 1.82) is 0 Å². The Morgan fingerprint density at radius 1 is 1.03 bits per heavy atom. The van der Waals surface area contributed by atoms with Gasteiger partial charge in [-0.2, -0.15) is 0 Å². The lowest BCUT2D eigenvalue weighted by Gasteiger charge is -2.47. The summed E-state index contributed by atoms with van der Waals surface area (Å²) in [6.45, 7) is 4.81. The quantitative estimate of drug-likeness (QED) is 0.0761. The monoisotopic (exact) mass is 897 g/mol. The van der Waals surface area contributed by atoms with E-state index >= 15 is 4.39 Å². The zero-order valence-corrected chi connectivity index (χ0v) is 36.3. The molecule has 1 spiro atoms. The summed E-state index contributed by atoms with van der Waals surface area (Å²) in [7, 11) is -4.69. The lowest BCUT2D eigenvalue weighted by molar-refractivity contribution is -0.384. The molecule has 14 nitrogen and oxygen atoms in total. The summed E-state index contributed by atoms with van der Waals surface area (Å²) in [5, 5.41) is 16.5. The molecule has 4 aliphatic rings. The summed E-state index contributed by atoms with van der Waals surface area (Å²) in [5.41, 5.74) is 4.55. The highest BCUT2D eigenvalue weighted by Crippen LogP contribution is 2.55. The minimum atomic E-state index is -4.69. The molecule has 0 atom stereocenters. The molecular formula is C46H49ClFN7O7S. The van der Waals surface area contributed by atoms with Gasteiger partial charge in [0.1, 0.15) is 17.1 Å². The molecule has 330 valence electrons. The first-order valence-electron chi connectivity index (χ1n) is 21.5. The summed E-state index contributed by atoms with van der Waals surface area (Å²) in [6, 6.07) is 17.7. The highest BCUT2D eigenvalue weighted by Gasteiger charge is 2.41. The van der Waals surface area contributed by atoms with Crippen LogP contribution in [0.2, 0.25) is 5.02 Å². The number of aromatic nitrogens is 2. The molecule has 5 aromatic rings. The summed E-state index contributed by atoms with van der Waals surface area (Å²) in [5.74, 6) is -2.14. The number of piperazine rings is 1. The fourth-order valence-electron chi connectivity index (χ4n) is 9.39. The van der Waals surface area contributed by atoms with E-state index in [4.69, 9.17) is 21.1 Å². The number of aromatic amines is 1. The molecule has 2 aliphatic carbocycles. The molecule has 4 heterocycles. The van der Waals surface area contributed by atoms with Crippen molar-refractivity contribution in [3.05, 3.63) is 117 Å². The average Bonchev–Trinajstić information content (AvgIpc) is 3.75. The first kappa shape index (κ1) is 42.7. The van der Waals surface area contributed by atoms with E-state index in [2.05, 4.69) is 32.3 Å². The number of halogens is 2. The lowest BCUT2D eigenvalue weighted by atomic mass is 9.59. The van der Waals surface area contributed by atoms with Crippen molar-refractivity contribution in [3.8, 4) is 11.5 Å². The van der Waals surface area contributed by atoms with Crippen LogP contribution in [0.3, 0.4) is 0 Å². The average molecular weight is 898 g/mol. The third-order valence-electron chi connectivity index (χ3n) is 13.2. The summed E-state index contributed by atoms with van der Waals surface area (Å²) < 4.78 is 57.8. The van der Waals surface area contributed by atoms with E-state index in [9.17, 15) is 23.3 Å². The van der Waals surface area contributed by atoms with Crippen molar-refractivity contribution in [1.82, 2.24) is 19.6 Å². The van der Waals surface area contributed by atoms with Crippen LogP contribution in [0.15, 0.2) is 89.6 Å². The van der Waals surface area contributed by atoms with Crippen LogP contribution in [0.4, 0.5) is 21.5 Å². The Balaban J connectivity index is 0.945. The number of nitrogens with one attached hydrogen (secondary N) is 3. The van der Waals surface area contributed by atoms with Gasteiger partial charge < -0.3 is 24.7 Å². The van der Waals surface area contributed by atoms with Crippen LogP contribution in [0, 0.1) is 27.3 Å². The number of carbonyl (C=O) groups excluding carboxylic acids is 1. The molecule has 1 saturated carbocycles. The van der Waals surface area contributed by atoms with Crippen LogP contribution < -0.4 is 19.7 Å². The van der Waals surface area contributed by atoms with Gasteiger partial charge in [0.15, 0.2) is 11.6 Å². The van der Waals surface area contributed by atoms with Crippen LogP contribution in [0.25, 0.3) is 16.6 Å². The summed E-state index contributed by atoms with van der Waals surface area (Å²) >= 11 is 6.26. The van der Waals surface area contributed by atoms with Gasteiger partial charge in [-0.15, -0.1) is 0 Å². The number of anilines is 2. The van der Waals surface area contributed by atoms with E-state index in [1.165, 1.54) is 72.9 Å². The van der Waals surface area contributed by atoms with Crippen molar-refractivity contribution >= 4 is 61.2 Å². The molecular weight excluding hydrogens is 849 g/mol. The number of sulfonamides is 1. The number of H-pyrrole nitrogens is 1. The van der Waals surface area contributed by atoms with Gasteiger partial charge in [0.2, 0.25) is 0 Å². The lowest BCUT2D eigenvalue weighted by Crippen LogP contribution is -2.47. The van der Waals surface area contributed by atoms with Gasteiger partial charge in [0, 0.05) is 75.2 Å². The van der Waals surface area contributed by atoms with Gasteiger partial charge >= 0.3 is 0 Å². The van der Waals surface area contributed by atoms with Crippen LogP contribution in [-0.4, -0.2) is 86.6 Å². The number of hydrogen-bond acceptors (Lipinski definition) is 11. The molecule has 2 saturated heterocycles. The van der Waals surface area contributed by atoms with Crippen molar-refractivity contribution < 1.29 is 32.0 Å². The van der Waals surface area contributed by atoms with E-state index < -0.39 is 43.0 Å². The predicted octanol–water partition coefficient (Wildman–Crippen LogP) is 8.94. The van der Waals surface area contributed by atoms with Crippen LogP contribution in [-0.2, 0) is 14.8 Å². The third-order valence-corrected chi connectivity index (χ3v) is 14.8. The van der Waals surface area contributed by atoms with Gasteiger partial charge in [0.05, 0.1) is 27.3 Å². The molecule has 3 N–H and O–H groups in total. The van der Waals surface area contributed by atoms with Crippen LogP contribution >= 0.6 is 11.6 Å². The Bertz CT molecular complexity index is 2670. The molecule has 63 heavy (non-hydrogen) atoms. The fourth-order valence-corrected chi connectivity index (χ4v) is 10.5. The number of benzene rings is 3. The minimum Gasteiger partial charge on any atom is -0.452 e. The molecule has 0 bridgehead atoms. The number of hydrogen-bond donors (Lipinski definition) is 3. The Kier molecular flexibility index (Phi) is 12.1. The number of carbonyl (C=O) groups is 1. The molecule has 1 amide bonds. The van der Waals surface area contributed by atoms with Crippen LogP contribution in [0.1, 0.15) is 67.3 Å². The Hall–Kier alpha value is -5.55. The van der Waals surface area contributed by atoms with Crippen molar-refractivity contribution in [3.63, 3.8) is 0 Å². The maximum Gasteiger partial charge on any atom is 0.293 e. The summed E-state index contributed by atoms with van der Waals surface area (Å²) in [4.78, 5) is 36.4. The Morgan fingerprint density at radius 2 is 1.81 bits per heavy atom. The third kappa shape index (κ3) is 9.26. The van der Waals surface area contributed by atoms with Gasteiger partial charge in [0.25, 0.3) is 21.6 Å². The number of allylic oxidation sites excluding steroid dienone is 1. The number of fused-ring (bicyclic) bond motifs is 1. The van der Waals surface area contributed by atoms with E-state index in [1.807, 2.05) is 21.8 Å². The highest BCUT2D eigenvalue weighted by molar-refractivity contribution is 7.90. The van der Waals surface area contributed by atoms with Crippen molar-refractivity contribution in [2.45, 2.75) is 56.3 Å². The second-order valence-corrected chi connectivity index (χ2v) is 19.3. The first-order chi connectivity index (χ1) is 30.4. The van der Waals surface area contributed by atoms with E-state index in [0.29, 0.717) is 67.4 Å². The highest BCUT2D eigenvalue weighted by atomic mass is 35.5. The molecule has 2 aliphatic heterocycles. The maximum absolute atomic E-state index is 17.0. The number of rotatable bonds is 13. The van der Waals surface area contributed by atoms with Gasteiger partial charge in [-0.1, -0.05) is 35.7 Å². The number of pyridine rings is 1. The van der Waals surface area contributed by atoms with Crippen LogP contribution in [0.5, 0.6) is 11.5 Å². The van der Waals surface area contributed by atoms with Gasteiger partial charge in [-0.25, -0.2) is 22.5 Å². The number of ether oxygens (including phenoxy) is 2. The molecule has 0 unspecified atom stereocenters. The number of amides is 1. The number of nitrogens with zero attached hydrogens (tertiary/aromatic N) is 4. The molecule has 3 fully saturated rings. The minimum absolute atomic E-state index is 0.125. The van der Waals surface area contributed by atoms with E-state index in [1.54, 1.807) is 18.3 Å². The van der Waals surface area contributed by atoms with Gasteiger partial charge in [-0.05, 0) is 116 Å². The van der Waals surface area contributed by atoms with Crippen molar-refractivity contribution in [2.75, 3.05) is 62.7 Å². The first-order valence-corrected chi connectivity index (χ1v) is 23.3. The zero-order chi connectivity index (χ0) is 43.7. The molecule has 0 radical (unpaired) electrons. The predicted molar refractivity (Wildman–Crippen MR) is 240 cm³/mol. The smallest absolute Gasteiger partial charge is 0.293 e. The second-order valence-electron chi connectivity index (χ2n) is 17.2. The molecule has 9 rings (SSSR count). The molecule has 3 aromatic carbocycles. The standard InChI is InChI=1S/C46H49ClFN7O7S/c47-34-4-2-31(3-5-34)38-26-46(14-1-15-46)16-10-33(38)29-53-18-20-54(21-19-53)40-9-7-37(43(42(40)48)62-35-24-32-11-17-49-44(32)51-28-35)45(56)52-63(59,60)36-6-8-39(41(25-36)55(57)58)50-27-30-12-22-61-23-13-30/h2-9,11,17,24-25,28,30,50H,1,10,12-16,18-23,26-27,29H2,(H,49,51)(H,52,56). The molecule has 2 aromatic heterocycles. The van der Waals surface area contributed by atoms with Gasteiger partial charge in [-0.3, -0.25) is 19.8 Å². The fraction of sp³-hybridized carbons (Fsp3) is 0.391. The number of nitro groups is 1. The zero-order valence-electron chi connectivity index (χ0n) is 34.7. The maximum atomic E-state index is 17.0. The Labute approximate surface area is 370 Å². The van der Waals surface area contributed by atoms with E-state index in [0.717, 1.165) is 38.3 Å². The van der Waals surface area contributed by atoms with E-state index in [-0.39, 0.29) is 28.6 Å². The SMILES string of the molecule is O=C(NS(=O)(=O)c1ccc(NCC2CCOCC2)c([N+](=O)[O-])c1)c1ccc(N2CCN(CC3=C(c4ccc(Cl)cc4)CC4(CCC4)CC3)CC2)c(F)c1Oc1cnc2[nH]ccc2c1. The summed E-state index contributed by atoms with van der Waals surface area (Å²) in [6.07, 6.45) is 11.8. The largest absolute Gasteiger partial charge is 0.452 e. The normalized spacial score (nSPS) is 18.3. The van der Waals surface area contributed by atoms with Crippen molar-refractivity contribution in [2.24, 2.45) is 11.3 Å². The molecule has 17 heteroatoms. The number of nitro benzene ring substituents is 1. The second kappa shape index (κ2) is 17.9.